The zero-order chi connectivity index (χ0) is 20.7. The average Bonchev–Trinajstić information content (AvgIpc) is 2.79. The summed E-state index contributed by atoms with van der Waals surface area (Å²) in [4.78, 5) is 21.6. The lowest BCUT2D eigenvalue weighted by molar-refractivity contribution is 0.485. The van der Waals surface area contributed by atoms with E-state index in [1.165, 1.54) is 6.07 Å². The number of benzene rings is 2. The zero-order valence-electron chi connectivity index (χ0n) is 15.9. The van der Waals surface area contributed by atoms with E-state index >= 15 is 0 Å². The van der Waals surface area contributed by atoms with Gasteiger partial charge in [0.05, 0.1) is 11.0 Å². The second-order valence-electron chi connectivity index (χ2n) is 7.08. The molecule has 0 radical (unpaired) electrons. The highest BCUT2D eigenvalue weighted by molar-refractivity contribution is 6.05. The number of nitrogens with zero attached hydrogens (tertiary/aromatic N) is 3. The van der Waals surface area contributed by atoms with Crippen LogP contribution < -0.4 is 11.3 Å². The number of pyridine rings is 3. The Morgan fingerprint density at radius 1 is 0.900 bits per heavy atom. The van der Waals surface area contributed by atoms with E-state index < -0.39 is 6.67 Å². The van der Waals surface area contributed by atoms with Gasteiger partial charge in [0, 0.05) is 40.5 Å². The van der Waals surface area contributed by atoms with Crippen molar-refractivity contribution in [2.75, 3.05) is 5.73 Å². The van der Waals surface area contributed by atoms with Crippen LogP contribution in [0.25, 0.3) is 38.6 Å². The van der Waals surface area contributed by atoms with Crippen molar-refractivity contribution < 1.29 is 4.39 Å². The number of nitrogen functional groups attached to an aromatic ring is 1. The topological polar surface area (TPSA) is 73.8 Å². The molecule has 0 aliphatic carbocycles. The van der Waals surface area contributed by atoms with Crippen LogP contribution in [0.1, 0.15) is 5.56 Å². The molecule has 3 aromatic heterocycles. The first kappa shape index (κ1) is 18.0. The van der Waals surface area contributed by atoms with Crippen molar-refractivity contribution in [2.24, 2.45) is 0 Å². The molecular formula is C24H17FN4O. The lowest BCUT2D eigenvalue weighted by Crippen LogP contribution is -2.17. The minimum atomic E-state index is -0.593. The van der Waals surface area contributed by atoms with Crippen LogP contribution in [0.15, 0.2) is 83.9 Å². The van der Waals surface area contributed by atoms with Crippen LogP contribution in [-0.2, 0) is 6.67 Å². The fraction of sp³-hybridized carbons (Fsp3) is 0.0417. The minimum absolute atomic E-state index is 0.189. The van der Waals surface area contributed by atoms with Gasteiger partial charge in [0.15, 0.2) is 0 Å². The molecular weight excluding hydrogens is 379 g/mol. The maximum Gasteiger partial charge on any atom is 0.255 e. The molecule has 0 bridgehead atoms. The molecule has 5 aromatic rings. The van der Waals surface area contributed by atoms with Gasteiger partial charge in [-0.2, -0.15) is 0 Å². The van der Waals surface area contributed by atoms with Gasteiger partial charge in [0.1, 0.15) is 12.5 Å². The third kappa shape index (κ3) is 2.99. The smallest absolute Gasteiger partial charge is 0.255 e. The van der Waals surface area contributed by atoms with E-state index in [1.807, 2.05) is 24.3 Å². The van der Waals surface area contributed by atoms with E-state index in [9.17, 15) is 9.18 Å². The van der Waals surface area contributed by atoms with Gasteiger partial charge >= 0.3 is 0 Å². The fourth-order valence-corrected chi connectivity index (χ4v) is 3.70. The Morgan fingerprint density at radius 3 is 2.57 bits per heavy atom. The molecule has 30 heavy (non-hydrogen) atoms. The number of aromatic nitrogens is 3. The van der Waals surface area contributed by atoms with E-state index in [0.717, 1.165) is 32.9 Å². The number of alkyl halides is 1. The van der Waals surface area contributed by atoms with Crippen molar-refractivity contribution >= 4 is 27.6 Å². The predicted molar refractivity (Wildman–Crippen MR) is 117 cm³/mol. The van der Waals surface area contributed by atoms with Crippen LogP contribution >= 0.6 is 0 Å². The van der Waals surface area contributed by atoms with Crippen LogP contribution in [-0.4, -0.2) is 14.5 Å². The zero-order valence-corrected chi connectivity index (χ0v) is 15.9. The Kier molecular flexibility index (Phi) is 4.25. The summed E-state index contributed by atoms with van der Waals surface area (Å²) in [7, 11) is 0. The van der Waals surface area contributed by atoms with Gasteiger partial charge in [0.25, 0.3) is 5.56 Å². The standard InChI is InChI=1S/C24H17FN4O/c25-12-15-2-1-3-19(10-15)29-23(30)9-6-18-14-27-21-7-4-16(11-20(21)24(18)29)17-5-8-22(26)28-13-17/h1-11,13-14H,12H2,(H2,26,28). The molecule has 0 spiro atoms. The third-order valence-corrected chi connectivity index (χ3v) is 5.16. The van der Waals surface area contributed by atoms with Gasteiger partial charge in [-0.1, -0.05) is 18.2 Å². The highest BCUT2D eigenvalue weighted by atomic mass is 19.1. The van der Waals surface area contributed by atoms with E-state index in [1.54, 1.807) is 53.4 Å². The number of hydrogen-bond donors (Lipinski definition) is 1. The normalized spacial score (nSPS) is 11.2. The predicted octanol–water partition coefficient (Wildman–Crippen LogP) is 4.65. The van der Waals surface area contributed by atoms with E-state index in [-0.39, 0.29) is 5.56 Å². The van der Waals surface area contributed by atoms with E-state index in [0.29, 0.717) is 17.1 Å². The average molecular weight is 396 g/mol. The van der Waals surface area contributed by atoms with Crippen molar-refractivity contribution in [3.05, 3.63) is 95.0 Å². The number of fused-ring (bicyclic) bond motifs is 3. The number of hydrogen-bond acceptors (Lipinski definition) is 4. The first-order valence-corrected chi connectivity index (χ1v) is 9.46. The Balaban J connectivity index is 1.85. The Labute approximate surface area is 171 Å². The Bertz CT molecular complexity index is 1460. The molecule has 0 fully saturated rings. The quantitative estimate of drug-likeness (QED) is 0.451. The molecule has 2 aromatic carbocycles. The second-order valence-corrected chi connectivity index (χ2v) is 7.08. The molecule has 6 heteroatoms. The molecule has 0 saturated carbocycles. The van der Waals surface area contributed by atoms with E-state index in [4.69, 9.17) is 5.73 Å². The van der Waals surface area contributed by atoms with Crippen molar-refractivity contribution in [1.29, 1.82) is 0 Å². The molecule has 0 amide bonds. The summed E-state index contributed by atoms with van der Waals surface area (Å²) in [6.45, 7) is -0.593. The van der Waals surface area contributed by atoms with Crippen LogP contribution in [0.5, 0.6) is 0 Å². The largest absolute Gasteiger partial charge is 0.384 e. The molecule has 0 unspecified atom stereocenters. The highest BCUT2D eigenvalue weighted by Crippen LogP contribution is 2.29. The van der Waals surface area contributed by atoms with Gasteiger partial charge < -0.3 is 5.73 Å². The second kappa shape index (κ2) is 7.08. The van der Waals surface area contributed by atoms with E-state index in [2.05, 4.69) is 9.97 Å². The van der Waals surface area contributed by atoms with Gasteiger partial charge in [-0.05, 0) is 53.6 Å². The van der Waals surface area contributed by atoms with Gasteiger partial charge in [-0.25, -0.2) is 9.37 Å². The lowest BCUT2D eigenvalue weighted by atomic mass is 10.0. The first-order chi connectivity index (χ1) is 14.6. The van der Waals surface area contributed by atoms with Gasteiger partial charge in [0.2, 0.25) is 0 Å². The summed E-state index contributed by atoms with van der Waals surface area (Å²) < 4.78 is 14.9. The number of rotatable bonds is 3. The molecule has 0 saturated heterocycles. The summed E-state index contributed by atoms with van der Waals surface area (Å²) in [5, 5.41) is 1.64. The molecule has 0 aliphatic rings. The molecule has 5 rings (SSSR count). The maximum atomic E-state index is 13.2. The van der Waals surface area contributed by atoms with Crippen molar-refractivity contribution in [1.82, 2.24) is 14.5 Å². The number of anilines is 1. The van der Waals surface area contributed by atoms with Crippen LogP contribution in [0.3, 0.4) is 0 Å². The maximum absolute atomic E-state index is 13.2. The van der Waals surface area contributed by atoms with Crippen molar-refractivity contribution in [2.45, 2.75) is 6.67 Å². The lowest BCUT2D eigenvalue weighted by Gasteiger charge is -2.14. The molecule has 2 N–H and O–H groups in total. The minimum Gasteiger partial charge on any atom is -0.384 e. The summed E-state index contributed by atoms with van der Waals surface area (Å²) in [6.07, 6.45) is 3.46. The number of halogens is 1. The summed E-state index contributed by atoms with van der Waals surface area (Å²) in [5.41, 5.74) is 9.99. The van der Waals surface area contributed by atoms with Crippen LogP contribution in [0, 0.1) is 0 Å². The number of nitrogens with two attached hydrogens (primary N) is 1. The molecule has 0 atom stereocenters. The van der Waals surface area contributed by atoms with Gasteiger partial charge in [-0.15, -0.1) is 0 Å². The summed E-state index contributed by atoms with van der Waals surface area (Å²) in [5.74, 6) is 0.452. The van der Waals surface area contributed by atoms with Crippen molar-refractivity contribution in [3.63, 3.8) is 0 Å². The van der Waals surface area contributed by atoms with Gasteiger partial charge in [-0.3, -0.25) is 14.3 Å². The van der Waals surface area contributed by atoms with Crippen LogP contribution in [0.2, 0.25) is 0 Å². The fourth-order valence-electron chi connectivity index (χ4n) is 3.70. The van der Waals surface area contributed by atoms with Crippen molar-refractivity contribution in [3.8, 4) is 16.8 Å². The highest BCUT2D eigenvalue weighted by Gasteiger charge is 2.12. The monoisotopic (exact) mass is 396 g/mol. The third-order valence-electron chi connectivity index (χ3n) is 5.16. The first-order valence-electron chi connectivity index (χ1n) is 9.46. The SMILES string of the molecule is Nc1ccc(-c2ccc3ncc4ccc(=O)n(-c5cccc(CF)c5)c4c3c2)cn1. The molecule has 0 aliphatic heterocycles. The van der Waals surface area contributed by atoms with Crippen LogP contribution in [0.4, 0.5) is 10.2 Å². The molecule has 5 nitrogen and oxygen atoms in total. The Morgan fingerprint density at radius 2 is 1.77 bits per heavy atom. The molecule has 3 heterocycles. The molecule has 146 valence electrons. The summed E-state index contributed by atoms with van der Waals surface area (Å²) >= 11 is 0. The Hall–Kier alpha value is -4.06. The summed E-state index contributed by atoms with van der Waals surface area (Å²) in [6, 6.07) is 19.7.